The van der Waals surface area contributed by atoms with Crippen LogP contribution in [0.4, 0.5) is 0 Å². The molecule has 0 bridgehead atoms. The molecule has 0 aliphatic carbocycles. The Balaban J connectivity index is 4.24. The first-order chi connectivity index (χ1) is 4.20. The minimum atomic E-state index is 0.487. The molecule has 0 atom stereocenters. The number of nitrogens with two attached hydrogens (primary N) is 1. The standard InChI is InChI=1S/C7H10N2/c1-4-7(5-2)9-6(3)8/h1,5H,2-3H3,(H2,8,9)/b7-5-. The van der Waals surface area contributed by atoms with Crippen molar-refractivity contribution in [1.82, 2.24) is 0 Å². The van der Waals surface area contributed by atoms with Gasteiger partial charge in [0.1, 0.15) is 5.70 Å². The zero-order valence-corrected chi connectivity index (χ0v) is 5.68. The van der Waals surface area contributed by atoms with Crippen LogP contribution in [-0.4, -0.2) is 5.84 Å². The maximum Gasteiger partial charge on any atom is 0.110 e. The van der Waals surface area contributed by atoms with Crippen LogP contribution in [0.25, 0.3) is 0 Å². The molecule has 0 amide bonds. The molecular formula is C7H10N2. The Labute approximate surface area is 55.5 Å². The van der Waals surface area contributed by atoms with Gasteiger partial charge < -0.3 is 5.73 Å². The molecule has 0 aromatic carbocycles. The van der Waals surface area contributed by atoms with Crippen molar-refractivity contribution in [2.75, 3.05) is 0 Å². The summed E-state index contributed by atoms with van der Waals surface area (Å²) in [6.07, 6.45) is 6.78. The van der Waals surface area contributed by atoms with E-state index < -0.39 is 0 Å². The minimum absolute atomic E-state index is 0.487. The highest BCUT2D eigenvalue weighted by Crippen LogP contribution is 1.91. The van der Waals surface area contributed by atoms with Gasteiger partial charge in [-0.2, -0.15) is 0 Å². The molecule has 0 rings (SSSR count). The van der Waals surface area contributed by atoms with Crippen LogP contribution in [0.2, 0.25) is 0 Å². The average molecular weight is 122 g/mol. The third-order valence-corrected chi connectivity index (χ3v) is 0.718. The van der Waals surface area contributed by atoms with Gasteiger partial charge in [0.2, 0.25) is 0 Å². The number of allylic oxidation sites excluding steroid dienone is 2. The van der Waals surface area contributed by atoms with Crippen LogP contribution in [0.1, 0.15) is 13.8 Å². The quantitative estimate of drug-likeness (QED) is 0.313. The smallest absolute Gasteiger partial charge is 0.110 e. The highest BCUT2D eigenvalue weighted by molar-refractivity contribution is 5.79. The van der Waals surface area contributed by atoms with Crippen LogP contribution >= 0.6 is 0 Å². The molecule has 0 aromatic heterocycles. The summed E-state index contributed by atoms with van der Waals surface area (Å²) in [6, 6.07) is 0. The van der Waals surface area contributed by atoms with E-state index in [1.807, 2.05) is 6.92 Å². The third-order valence-electron chi connectivity index (χ3n) is 0.718. The zero-order valence-electron chi connectivity index (χ0n) is 5.68. The number of nitrogens with zero attached hydrogens (tertiary/aromatic N) is 1. The predicted molar refractivity (Wildman–Crippen MR) is 39.9 cm³/mol. The summed E-state index contributed by atoms with van der Waals surface area (Å²) < 4.78 is 0. The maximum atomic E-state index is 5.26. The normalized spacial score (nSPS) is 13.0. The second-order valence-electron chi connectivity index (χ2n) is 1.57. The molecule has 48 valence electrons. The highest BCUT2D eigenvalue weighted by atomic mass is 14.8. The fraction of sp³-hybridized carbons (Fsp3) is 0.286. The maximum absolute atomic E-state index is 5.26. The predicted octanol–water partition coefficient (Wildman–Crippen LogP) is 0.901. The van der Waals surface area contributed by atoms with Gasteiger partial charge in [-0.3, -0.25) is 0 Å². The van der Waals surface area contributed by atoms with Crippen LogP contribution in [-0.2, 0) is 0 Å². The Morgan fingerprint density at radius 1 is 1.78 bits per heavy atom. The van der Waals surface area contributed by atoms with E-state index in [0.717, 1.165) is 0 Å². The lowest BCUT2D eigenvalue weighted by Crippen LogP contribution is -2.04. The summed E-state index contributed by atoms with van der Waals surface area (Å²) in [4.78, 5) is 3.83. The second-order valence-corrected chi connectivity index (χ2v) is 1.57. The number of rotatable bonds is 1. The first kappa shape index (κ1) is 7.77. The first-order valence-electron chi connectivity index (χ1n) is 2.64. The molecular weight excluding hydrogens is 112 g/mol. The van der Waals surface area contributed by atoms with Crippen molar-refractivity contribution in [3.63, 3.8) is 0 Å². The van der Waals surface area contributed by atoms with Crippen LogP contribution in [0.15, 0.2) is 16.8 Å². The molecule has 0 heterocycles. The van der Waals surface area contributed by atoms with Gasteiger partial charge in [0, 0.05) is 0 Å². The molecule has 2 N–H and O–H groups in total. The van der Waals surface area contributed by atoms with Crippen molar-refractivity contribution in [2.45, 2.75) is 13.8 Å². The van der Waals surface area contributed by atoms with Gasteiger partial charge in [0.25, 0.3) is 0 Å². The molecule has 0 aromatic rings. The monoisotopic (exact) mass is 122 g/mol. The topological polar surface area (TPSA) is 38.4 Å². The molecule has 0 aliphatic rings. The number of hydrogen-bond donors (Lipinski definition) is 1. The third kappa shape index (κ3) is 3.36. The fourth-order valence-electron chi connectivity index (χ4n) is 0.370. The van der Waals surface area contributed by atoms with E-state index in [2.05, 4.69) is 10.9 Å². The molecule has 0 spiro atoms. The van der Waals surface area contributed by atoms with E-state index >= 15 is 0 Å². The molecule has 2 heteroatoms. The van der Waals surface area contributed by atoms with Gasteiger partial charge in [-0.05, 0) is 13.8 Å². The van der Waals surface area contributed by atoms with E-state index in [1.165, 1.54) is 0 Å². The lowest BCUT2D eigenvalue weighted by molar-refractivity contribution is 1.37. The average Bonchev–Trinajstić information content (AvgIpc) is 1.82. The van der Waals surface area contributed by atoms with Gasteiger partial charge in [0.15, 0.2) is 0 Å². The van der Waals surface area contributed by atoms with Crippen molar-refractivity contribution >= 4 is 5.84 Å². The largest absolute Gasteiger partial charge is 0.387 e. The van der Waals surface area contributed by atoms with Gasteiger partial charge in [-0.15, -0.1) is 6.42 Å². The van der Waals surface area contributed by atoms with E-state index in [9.17, 15) is 0 Å². The number of terminal acetylenes is 1. The molecule has 0 aliphatic heterocycles. The Bertz CT molecular complexity index is 178. The Morgan fingerprint density at radius 2 is 2.33 bits per heavy atom. The summed E-state index contributed by atoms with van der Waals surface area (Å²) in [5, 5.41) is 0. The van der Waals surface area contributed by atoms with Gasteiger partial charge in [-0.1, -0.05) is 12.0 Å². The summed E-state index contributed by atoms with van der Waals surface area (Å²) in [7, 11) is 0. The summed E-state index contributed by atoms with van der Waals surface area (Å²) in [6.45, 7) is 3.52. The van der Waals surface area contributed by atoms with E-state index in [-0.39, 0.29) is 0 Å². The van der Waals surface area contributed by atoms with Crippen molar-refractivity contribution < 1.29 is 0 Å². The summed E-state index contributed by atoms with van der Waals surface area (Å²) in [5.41, 5.74) is 5.84. The van der Waals surface area contributed by atoms with Gasteiger partial charge in [-0.25, -0.2) is 4.99 Å². The summed E-state index contributed by atoms with van der Waals surface area (Å²) in [5.74, 6) is 2.86. The lowest BCUT2D eigenvalue weighted by Gasteiger charge is -1.88. The Hall–Kier alpha value is -1.23. The van der Waals surface area contributed by atoms with E-state index in [1.54, 1.807) is 13.0 Å². The van der Waals surface area contributed by atoms with Gasteiger partial charge in [0.05, 0.1) is 5.84 Å². The van der Waals surface area contributed by atoms with E-state index in [0.29, 0.717) is 11.5 Å². The Morgan fingerprint density at radius 3 is 2.44 bits per heavy atom. The van der Waals surface area contributed by atoms with Crippen LogP contribution < -0.4 is 5.73 Å². The number of amidine groups is 1. The molecule has 0 radical (unpaired) electrons. The summed E-state index contributed by atoms with van der Waals surface area (Å²) >= 11 is 0. The minimum Gasteiger partial charge on any atom is -0.387 e. The lowest BCUT2D eigenvalue weighted by atomic mass is 10.4. The number of hydrogen-bond acceptors (Lipinski definition) is 1. The highest BCUT2D eigenvalue weighted by Gasteiger charge is 1.82. The zero-order chi connectivity index (χ0) is 7.28. The van der Waals surface area contributed by atoms with Crippen molar-refractivity contribution in [3.8, 4) is 12.3 Å². The molecule has 0 saturated carbocycles. The second kappa shape index (κ2) is 3.73. The van der Waals surface area contributed by atoms with Gasteiger partial charge >= 0.3 is 0 Å². The molecule has 9 heavy (non-hydrogen) atoms. The van der Waals surface area contributed by atoms with Crippen LogP contribution in [0, 0.1) is 12.3 Å². The molecule has 0 fully saturated rings. The molecule has 0 unspecified atom stereocenters. The molecule has 0 saturated heterocycles. The fourth-order valence-corrected chi connectivity index (χ4v) is 0.370. The SMILES string of the molecule is C#C/C(=C/C)N=C(C)N. The number of aliphatic imine (C=N–C) groups is 1. The van der Waals surface area contributed by atoms with Crippen molar-refractivity contribution in [3.05, 3.63) is 11.8 Å². The van der Waals surface area contributed by atoms with Crippen LogP contribution in [0.3, 0.4) is 0 Å². The van der Waals surface area contributed by atoms with Crippen LogP contribution in [0.5, 0.6) is 0 Å². The van der Waals surface area contributed by atoms with Crippen molar-refractivity contribution in [2.24, 2.45) is 10.7 Å². The first-order valence-corrected chi connectivity index (χ1v) is 2.64. The Kier molecular flexibility index (Phi) is 3.22. The molecule has 2 nitrogen and oxygen atoms in total. The van der Waals surface area contributed by atoms with E-state index in [4.69, 9.17) is 12.2 Å². The van der Waals surface area contributed by atoms with Crippen molar-refractivity contribution in [1.29, 1.82) is 0 Å².